The highest BCUT2D eigenvalue weighted by molar-refractivity contribution is 5.91. The maximum absolute atomic E-state index is 12.4. The molecule has 1 aromatic carbocycles. The molecule has 1 saturated heterocycles. The maximum Gasteiger partial charge on any atom is 0.407 e. The fraction of sp³-hybridized carbons (Fsp3) is 0.500. The average Bonchev–Trinajstić information content (AvgIpc) is 2.64. The highest BCUT2D eigenvalue weighted by Crippen LogP contribution is 2.12. The van der Waals surface area contributed by atoms with Crippen LogP contribution in [0.2, 0.25) is 0 Å². The van der Waals surface area contributed by atoms with E-state index in [2.05, 4.69) is 36.2 Å². The van der Waals surface area contributed by atoms with Crippen LogP contribution in [-0.4, -0.2) is 81.4 Å². The van der Waals surface area contributed by atoms with Gasteiger partial charge in [0.25, 0.3) is 5.91 Å². The molecule has 1 aliphatic heterocycles. The molecule has 0 spiro atoms. The molecule has 7 heteroatoms. The number of carbonyl (C=O) groups excluding carboxylic acids is 2. The Kier molecular flexibility index (Phi) is 7.82. The molecule has 0 bridgehead atoms. The zero-order valence-corrected chi connectivity index (χ0v) is 16.4. The summed E-state index contributed by atoms with van der Waals surface area (Å²) in [5, 5.41) is 5.66. The minimum absolute atomic E-state index is 0.0430. The monoisotopic (exact) mass is 375 g/mol. The van der Waals surface area contributed by atoms with Crippen LogP contribution >= 0.6 is 0 Å². The molecule has 2 amide bonds. The van der Waals surface area contributed by atoms with Crippen molar-refractivity contribution in [3.05, 3.63) is 42.5 Å². The van der Waals surface area contributed by atoms with Gasteiger partial charge in [-0.3, -0.25) is 9.69 Å². The molecule has 1 aliphatic rings. The van der Waals surface area contributed by atoms with Crippen LogP contribution in [0.25, 0.3) is 0 Å². The second-order valence-electron chi connectivity index (χ2n) is 7.34. The number of alkyl carbamates (subject to hydrolysis) is 1. The molecule has 148 valence electrons. The van der Waals surface area contributed by atoms with Gasteiger partial charge in [0.1, 0.15) is 6.61 Å². The summed E-state index contributed by atoms with van der Waals surface area (Å²) >= 11 is 0. The van der Waals surface area contributed by atoms with Gasteiger partial charge in [0.05, 0.1) is 20.1 Å². The van der Waals surface area contributed by atoms with Gasteiger partial charge < -0.3 is 19.9 Å². The largest absolute Gasteiger partial charge is 0.445 e. The van der Waals surface area contributed by atoms with Crippen LogP contribution in [0.15, 0.2) is 36.9 Å². The summed E-state index contributed by atoms with van der Waals surface area (Å²) in [6.45, 7) is 8.70. The van der Waals surface area contributed by atoms with Crippen LogP contribution in [0.5, 0.6) is 0 Å². The van der Waals surface area contributed by atoms with Gasteiger partial charge in [-0.2, -0.15) is 0 Å². The molecular formula is C20H31N4O3+. The smallest absolute Gasteiger partial charge is 0.407 e. The molecule has 7 nitrogen and oxygen atoms in total. The number of rotatable bonds is 8. The summed E-state index contributed by atoms with van der Waals surface area (Å²) in [6.07, 6.45) is 1.78. The number of likely N-dealkylation sites (N-methyl/N-ethyl adjacent to an activating group) is 2. The Labute approximate surface area is 161 Å². The number of amides is 2. The lowest BCUT2D eigenvalue weighted by Crippen LogP contribution is -2.58. The Bertz CT molecular complexity index is 637. The van der Waals surface area contributed by atoms with Crippen LogP contribution in [-0.2, 0) is 16.0 Å². The minimum Gasteiger partial charge on any atom is -0.445 e. The van der Waals surface area contributed by atoms with Crippen LogP contribution < -0.4 is 10.6 Å². The predicted octanol–water partition coefficient (Wildman–Crippen LogP) is 1.47. The van der Waals surface area contributed by atoms with Crippen LogP contribution in [0, 0.1) is 0 Å². The Morgan fingerprint density at radius 1 is 1.26 bits per heavy atom. The quantitative estimate of drug-likeness (QED) is 0.533. The molecule has 27 heavy (non-hydrogen) atoms. The summed E-state index contributed by atoms with van der Waals surface area (Å²) in [5.74, 6) is 0.0430. The normalized spacial score (nSPS) is 16.4. The Morgan fingerprint density at radius 2 is 1.93 bits per heavy atom. The van der Waals surface area contributed by atoms with E-state index in [1.54, 1.807) is 0 Å². The van der Waals surface area contributed by atoms with E-state index in [1.807, 2.05) is 24.3 Å². The van der Waals surface area contributed by atoms with Crippen LogP contribution in [0.1, 0.15) is 5.56 Å². The van der Waals surface area contributed by atoms with E-state index in [4.69, 9.17) is 4.74 Å². The third-order valence-corrected chi connectivity index (χ3v) is 4.82. The molecule has 2 rings (SSSR count). The topological polar surface area (TPSA) is 70.7 Å². The van der Waals surface area contributed by atoms with Gasteiger partial charge in [0, 0.05) is 25.3 Å². The van der Waals surface area contributed by atoms with Crippen LogP contribution in [0.3, 0.4) is 0 Å². The molecular weight excluding hydrogens is 344 g/mol. The lowest BCUT2D eigenvalue weighted by atomic mass is 10.1. The first-order valence-corrected chi connectivity index (χ1v) is 9.33. The molecule has 0 aromatic heterocycles. The SMILES string of the molecule is C=CCOC(=O)NCCc1ccc(NC(=O)C[N+]2(C)CCN(C)CC2)cc1. The van der Waals surface area contributed by atoms with Gasteiger partial charge in [-0.1, -0.05) is 24.8 Å². The summed E-state index contributed by atoms with van der Waals surface area (Å²) < 4.78 is 5.63. The molecule has 0 unspecified atom stereocenters. The van der Waals surface area contributed by atoms with Crippen molar-refractivity contribution in [2.75, 3.05) is 65.3 Å². The molecule has 0 atom stereocenters. The van der Waals surface area contributed by atoms with Crippen molar-refractivity contribution in [2.45, 2.75) is 6.42 Å². The zero-order chi connectivity index (χ0) is 19.7. The van der Waals surface area contributed by atoms with E-state index >= 15 is 0 Å². The molecule has 1 heterocycles. The number of quaternary nitrogens is 1. The number of anilines is 1. The van der Waals surface area contributed by atoms with E-state index in [0.717, 1.165) is 41.9 Å². The summed E-state index contributed by atoms with van der Waals surface area (Å²) in [5.41, 5.74) is 1.87. The number of carbonyl (C=O) groups is 2. The fourth-order valence-corrected chi connectivity index (χ4v) is 3.00. The van der Waals surface area contributed by atoms with Gasteiger partial charge in [-0.25, -0.2) is 4.79 Å². The molecule has 1 aromatic rings. The van der Waals surface area contributed by atoms with Crippen molar-refractivity contribution >= 4 is 17.7 Å². The molecule has 0 radical (unpaired) electrons. The van der Waals surface area contributed by atoms with Gasteiger partial charge in [0.15, 0.2) is 6.54 Å². The van der Waals surface area contributed by atoms with Gasteiger partial charge in [0.2, 0.25) is 0 Å². The lowest BCUT2D eigenvalue weighted by Gasteiger charge is -2.40. The van der Waals surface area contributed by atoms with Gasteiger partial charge in [-0.05, 0) is 31.2 Å². The summed E-state index contributed by atoms with van der Waals surface area (Å²) in [4.78, 5) is 26.0. The van der Waals surface area contributed by atoms with Crippen LogP contribution in [0.4, 0.5) is 10.5 Å². The highest BCUT2D eigenvalue weighted by atomic mass is 16.5. The Balaban J connectivity index is 1.74. The third-order valence-electron chi connectivity index (χ3n) is 4.82. The van der Waals surface area contributed by atoms with E-state index in [0.29, 0.717) is 19.5 Å². The predicted molar refractivity (Wildman–Crippen MR) is 107 cm³/mol. The number of ether oxygens (including phenoxy) is 1. The van der Waals surface area contributed by atoms with Crippen molar-refractivity contribution in [3.63, 3.8) is 0 Å². The Hall–Kier alpha value is -2.38. The van der Waals surface area contributed by atoms with Crippen molar-refractivity contribution in [1.29, 1.82) is 0 Å². The number of piperazine rings is 1. The minimum atomic E-state index is -0.445. The third kappa shape index (κ3) is 7.40. The molecule has 2 N–H and O–H groups in total. The maximum atomic E-state index is 12.4. The van der Waals surface area contributed by atoms with Crippen molar-refractivity contribution in [2.24, 2.45) is 0 Å². The number of nitrogens with zero attached hydrogens (tertiary/aromatic N) is 2. The van der Waals surface area contributed by atoms with Crippen molar-refractivity contribution in [1.82, 2.24) is 10.2 Å². The number of hydrogen-bond donors (Lipinski definition) is 2. The molecule has 0 aliphatic carbocycles. The van der Waals surface area contributed by atoms with Crippen molar-refractivity contribution in [3.8, 4) is 0 Å². The van der Waals surface area contributed by atoms with Gasteiger partial charge >= 0.3 is 6.09 Å². The second-order valence-corrected chi connectivity index (χ2v) is 7.34. The fourth-order valence-electron chi connectivity index (χ4n) is 3.00. The number of benzene rings is 1. The number of nitrogens with one attached hydrogen (secondary N) is 2. The first-order valence-electron chi connectivity index (χ1n) is 9.33. The summed E-state index contributed by atoms with van der Waals surface area (Å²) in [6, 6.07) is 7.71. The first-order chi connectivity index (χ1) is 12.9. The standard InChI is InChI=1S/C20H30N4O3/c1-4-15-27-20(26)21-10-9-17-5-7-18(8-6-17)22-19(25)16-24(3)13-11-23(2)12-14-24/h4-8H,1,9-16H2,2-3H3,(H-,21,22,25,26)/p+1. The molecule has 1 fully saturated rings. The average molecular weight is 375 g/mol. The first kappa shape index (κ1) is 20.9. The van der Waals surface area contributed by atoms with E-state index in [1.165, 1.54) is 6.08 Å². The Morgan fingerprint density at radius 3 is 2.56 bits per heavy atom. The lowest BCUT2D eigenvalue weighted by molar-refractivity contribution is -0.905. The van der Waals surface area contributed by atoms with Gasteiger partial charge in [-0.15, -0.1) is 0 Å². The zero-order valence-electron chi connectivity index (χ0n) is 16.4. The van der Waals surface area contributed by atoms with E-state index in [9.17, 15) is 9.59 Å². The molecule has 0 saturated carbocycles. The second kappa shape index (κ2) is 10.1. The van der Waals surface area contributed by atoms with E-state index < -0.39 is 6.09 Å². The van der Waals surface area contributed by atoms with Crippen molar-refractivity contribution < 1.29 is 18.8 Å². The summed E-state index contributed by atoms with van der Waals surface area (Å²) in [7, 11) is 4.26. The highest BCUT2D eigenvalue weighted by Gasteiger charge is 2.29. The number of hydrogen-bond acceptors (Lipinski definition) is 4. The van der Waals surface area contributed by atoms with E-state index in [-0.39, 0.29) is 12.5 Å².